The minimum atomic E-state index is -0.421. The highest BCUT2D eigenvalue weighted by molar-refractivity contribution is 14.1. The quantitative estimate of drug-likeness (QED) is 0.300. The zero-order chi connectivity index (χ0) is 18.7. The average Bonchev–Trinajstić information content (AvgIpc) is 3.08. The van der Waals surface area contributed by atoms with Crippen LogP contribution in [0.5, 0.6) is 0 Å². The Kier molecular flexibility index (Phi) is 6.33. The molecule has 0 saturated heterocycles. The molecule has 0 aliphatic heterocycles. The van der Waals surface area contributed by atoms with E-state index in [4.69, 9.17) is 28.2 Å². The van der Waals surface area contributed by atoms with Crippen molar-refractivity contribution in [2.45, 2.75) is 0 Å². The SMILES string of the molecule is O=C(NC(=S)Nc1ccc(Br)cc1I)c1ccc(-c2ccc(Cl)cc2)o1. The zero-order valence-electron chi connectivity index (χ0n) is 13.1. The Morgan fingerprint density at radius 2 is 1.85 bits per heavy atom. The van der Waals surface area contributed by atoms with E-state index in [1.54, 1.807) is 24.3 Å². The van der Waals surface area contributed by atoms with E-state index < -0.39 is 5.91 Å². The maximum Gasteiger partial charge on any atom is 0.293 e. The molecule has 3 aromatic rings. The van der Waals surface area contributed by atoms with Gasteiger partial charge in [-0.05, 0) is 89.4 Å². The first-order valence-electron chi connectivity index (χ1n) is 7.35. The largest absolute Gasteiger partial charge is 0.451 e. The summed E-state index contributed by atoms with van der Waals surface area (Å²) in [5.74, 6) is 0.326. The van der Waals surface area contributed by atoms with Crippen LogP contribution in [0.15, 0.2) is 63.5 Å². The summed E-state index contributed by atoms with van der Waals surface area (Å²) in [5.41, 5.74) is 1.64. The van der Waals surface area contributed by atoms with Gasteiger partial charge in [-0.3, -0.25) is 10.1 Å². The number of carbonyl (C=O) groups is 1. The number of thiocarbonyl (C=S) groups is 1. The lowest BCUT2D eigenvalue weighted by Gasteiger charge is -2.10. The van der Waals surface area contributed by atoms with Crippen LogP contribution < -0.4 is 10.6 Å². The van der Waals surface area contributed by atoms with Crippen LogP contribution in [-0.2, 0) is 0 Å². The highest BCUT2D eigenvalue weighted by Gasteiger charge is 2.14. The Morgan fingerprint density at radius 3 is 2.54 bits per heavy atom. The fraction of sp³-hybridized carbons (Fsp3) is 0. The highest BCUT2D eigenvalue weighted by Crippen LogP contribution is 2.24. The molecule has 0 radical (unpaired) electrons. The Balaban J connectivity index is 1.66. The van der Waals surface area contributed by atoms with Crippen LogP contribution in [-0.4, -0.2) is 11.0 Å². The van der Waals surface area contributed by atoms with Gasteiger partial charge < -0.3 is 9.73 Å². The molecule has 132 valence electrons. The fourth-order valence-electron chi connectivity index (χ4n) is 2.14. The Bertz CT molecular complexity index is 976. The van der Waals surface area contributed by atoms with E-state index in [0.717, 1.165) is 19.3 Å². The van der Waals surface area contributed by atoms with Crippen LogP contribution >= 0.6 is 62.3 Å². The first-order valence-corrected chi connectivity index (χ1v) is 10.0. The second kappa shape index (κ2) is 8.51. The smallest absolute Gasteiger partial charge is 0.293 e. The van der Waals surface area contributed by atoms with Gasteiger partial charge >= 0.3 is 0 Å². The third-order valence-electron chi connectivity index (χ3n) is 3.36. The first kappa shape index (κ1) is 19.3. The molecule has 26 heavy (non-hydrogen) atoms. The summed E-state index contributed by atoms with van der Waals surface area (Å²) < 4.78 is 7.55. The molecule has 0 bridgehead atoms. The molecular weight excluding hydrogens is 551 g/mol. The summed E-state index contributed by atoms with van der Waals surface area (Å²) >= 11 is 16.7. The molecule has 1 heterocycles. The van der Waals surface area contributed by atoms with Crippen molar-refractivity contribution in [3.63, 3.8) is 0 Å². The molecule has 2 N–H and O–H groups in total. The third kappa shape index (κ3) is 4.85. The Morgan fingerprint density at radius 1 is 1.12 bits per heavy atom. The van der Waals surface area contributed by atoms with Gasteiger partial charge in [0.05, 0.1) is 5.69 Å². The maximum atomic E-state index is 12.3. The molecule has 1 aromatic heterocycles. The van der Waals surface area contributed by atoms with Gasteiger partial charge in [-0.1, -0.05) is 27.5 Å². The molecule has 2 aromatic carbocycles. The fourth-order valence-corrected chi connectivity index (χ4v) is 3.91. The lowest BCUT2D eigenvalue weighted by atomic mass is 10.2. The number of amides is 1. The minimum Gasteiger partial charge on any atom is -0.451 e. The highest BCUT2D eigenvalue weighted by atomic mass is 127. The monoisotopic (exact) mass is 560 g/mol. The van der Waals surface area contributed by atoms with Crippen LogP contribution in [0.25, 0.3) is 11.3 Å². The van der Waals surface area contributed by atoms with Crippen molar-refractivity contribution in [1.82, 2.24) is 5.32 Å². The number of carbonyl (C=O) groups excluding carboxylic acids is 1. The van der Waals surface area contributed by atoms with E-state index in [1.165, 1.54) is 0 Å². The van der Waals surface area contributed by atoms with E-state index in [0.29, 0.717) is 10.8 Å². The number of rotatable bonds is 3. The van der Waals surface area contributed by atoms with E-state index in [-0.39, 0.29) is 10.9 Å². The van der Waals surface area contributed by atoms with Gasteiger partial charge in [0.15, 0.2) is 10.9 Å². The Labute approximate surface area is 182 Å². The minimum absolute atomic E-state index is 0.171. The molecule has 3 rings (SSSR count). The van der Waals surface area contributed by atoms with E-state index in [9.17, 15) is 4.79 Å². The standard InChI is InChI=1S/C18H11BrClIN2O2S/c19-11-3-6-14(13(21)9-11)22-18(26)23-17(24)16-8-7-15(25-16)10-1-4-12(20)5-2-10/h1-9H,(H2,22,23,24,26). The molecule has 1 amide bonds. The van der Waals surface area contributed by atoms with Crippen molar-refractivity contribution in [3.8, 4) is 11.3 Å². The van der Waals surface area contributed by atoms with Crippen LogP contribution in [0.1, 0.15) is 10.6 Å². The molecule has 0 atom stereocenters. The van der Waals surface area contributed by atoms with Crippen molar-refractivity contribution in [2.75, 3.05) is 5.32 Å². The summed E-state index contributed by atoms with van der Waals surface area (Å²) in [6.07, 6.45) is 0. The number of hydrogen-bond donors (Lipinski definition) is 2. The predicted molar refractivity (Wildman–Crippen MR) is 120 cm³/mol. The third-order valence-corrected chi connectivity index (χ3v) is 5.21. The van der Waals surface area contributed by atoms with Gasteiger partial charge in [-0.15, -0.1) is 0 Å². The van der Waals surface area contributed by atoms with Crippen molar-refractivity contribution >= 4 is 79.0 Å². The van der Waals surface area contributed by atoms with E-state index in [1.807, 2.05) is 30.3 Å². The number of halogens is 3. The molecule has 8 heteroatoms. The van der Waals surface area contributed by atoms with Gasteiger partial charge in [0.1, 0.15) is 5.76 Å². The molecular formula is C18H11BrClIN2O2S. The molecule has 0 saturated carbocycles. The normalized spacial score (nSPS) is 10.4. The number of hydrogen-bond acceptors (Lipinski definition) is 3. The molecule has 0 spiro atoms. The van der Waals surface area contributed by atoms with Crippen LogP contribution in [0.4, 0.5) is 5.69 Å². The average molecular weight is 562 g/mol. The van der Waals surface area contributed by atoms with Crippen LogP contribution in [0.2, 0.25) is 5.02 Å². The van der Waals surface area contributed by atoms with Gasteiger partial charge in [-0.25, -0.2) is 0 Å². The maximum absolute atomic E-state index is 12.3. The number of furan rings is 1. The summed E-state index contributed by atoms with van der Waals surface area (Å²) in [6.45, 7) is 0. The topological polar surface area (TPSA) is 54.3 Å². The Hall–Kier alpha value is -1.42. The lowest BCUT2D eigenvalue weighted by molar-refractivity contribution is 0.0951. The van der Waals surface area contributed by atoms with Gasteiger partial charge in [0, 0.05) is 18.6 Å². The summed E-state index contributed by atoms with van der Waals surface area (Å²) in [5, 5.41) is 6.44. The molecule has 0 aliphatic carbocycles. The lowest BCUT2D eigenvalue weighted by Crippen LogP contribution is -2.34. The van der Waals surface area contributed by atoms with Gasteiger partial charge in [0.25, 0.3) is 5.91 Å². The predicted octanol–water partition coefficient (Wildman–Crippen LogP) is 6.09. The zero-order valence-corrected chi connectivity index (χ0v) is 18.4. The number of nitrogens with one attached hydrogen (secondary N) is 2. The summed E-state index contributed by atoms with van der Waals surface area (Å²) in [7, 11) is 0. The molecule has 0 unspecified atom stereocenters. The van der Waals surface area contributed by atoms with Crippen molar-refractivity contribution < 1.29 is 9.21 Å². The molecule has 4 nitrogen and oxygen atoms in total. The molecule has 0 fully saturated rings. The number of benzene rings is 2. The van der Waals surface area contributed by atoms with Crippen molar-refractivity contribution in [3.05, 3.63) is 73.4 Å². The number of anilines is 1. The van der Waals surface area contributed by atoms with Crippen LogP contribution in [0, 0.1) is 3.57 Å². The van der Waals surface area contributed by atoms with Crippen molar-refractivity contribution in [1.29, 1.82) is 0 Å². The van der Waals surface area contributed by atoms with Gasteiger partial charge in [-0.2, -0.15) is 0 Å². The van der Waals surface area contributed by atoms with E-state index >= 15 is 0 Å². The second-order valence-electron chi connectivity index (χ2n) is 5.20. The molecule has 0 aliphatic rings. The van der Waals surface area contributed by atoms with Crippen molar-refractivity contribution in [2.24, 2.45) is 0 Å². The van der Waals surface area contributed by atoms with Crippen LogP contribution in [0.3, 0.4) is 0 Å². The summed E-state index contributed by atoms with van der Waals surface area (Å²) in [4.78, 5) is 12.3. The van der Waals surface area contributed by atoms with E-state index in [2.05, 4.69) is 49.2 Å². The first-order chi connectivity index (χ1) is 12.4. The van der Waals surface area contributed by atoms with Gasteiger partial charge in [0.2, 0.25) is 0 Å². The second-order valence-corrected chi connectivity index (χ2v) is 8.13. The summed E-state index contributed by atoms with van der Waals surface area (Å²) in [6, 6.07) is 16.2.